The van der Waals surface area contributed by atoms with Crippen molar-refractivity contribution >= 4 is 11.7 Å². The van der Waals surface area contributed by atoms with Crippen LogP contribution in [0.25, 0.3) is 0 Å². The zero-order chi connectivity index (χ0) is 12.4. The Bertz CT molecular complexity index is 443. The molecule has 1 aromatic carbocycles. The normalized spacial score (nSPS) is 19.2. The molecular weight excluding hydrogens is 229 g/mol. The summed E-state index contributed by atoms with van der Waals surface area (Å²) < 4.78 is 23.7. The maximum absolute atomic E-state index is 13.2. The molecule has 0 amide bonds. The van der Waals surface area contributed by atoms with Crippen LogP contribution in [-0.2, 0) is 4.74 Å². The van der Waals surface area contributed by atoms with Crippen LogP contribution in [0.15, 0.2) is 12.1 Å². The van der Waals surface area contributed by atoms with Gasteiger partial charge in [0.05, 0.1) is 18.9 Å². The number of anilines is 1. The van der Waals surface area contributed by atoms with E-state index in [1.54, 1.807) is 0 Å². The van der Waals surface area contributed by atoms with Crippen molar-refractivity contribution < 1.29 is 23.8 Å². The Morgan fingerprint density at radius 3 is 2.94 bits per heavy atom. The van der Waals surface area contributed by atoms with Gasteiger partial charge in [-0.3, -0.25) is 0 Å². The van der Waals surface area contributed by atoms with Crippen LogP contribution in [-0.4, -0.2) is 30.4 Å². The molecule has 5 nitrogen and oxygen atoms in total. The Labute approximate surface area is 96.9 Å². The molecule has 17 heavy (non-hydrogen) atoms. The highest BCUT2D eigenvalue weighted by Gasteiger charge is 2.23. The molecule has 1 aliphatic rings. The van der Waals surface area contributed by atoms with Crippen LogP contribution >= 0.6 is 0 Å². The highest BCUT2D eigenvalue weighted by atomic mass is 19.1. The lowest BCUT2D eigenvalue weighted by Crippen LogP contribution is -2.18. The number of hydrogen-bond acceptors (Lipinski definition) is 4. The van der Waals surface area contributed by atoms with Crippen LogP contribution in [0.4, 0.5) is 10.1 Å². The van der Waals surface area contributed by atoms with Gasteiger partial charge in [0.25, 0.3) is 0 Å². The fraction of sp³-hybridized carbons (Fsp3) is 0.364. The number of nitrogens with two attached hydrogens (primary N) is 1. The molecule has 0 radical (unpaired) electrons. The number of hydrogen-bond donors (Lipinski definition) is 2. The summed E-state index contributed by atoms with van der Waals surface area (Å²) in [5, 5.41) is 8.99. The van der Waals surface area contributed by atoms with Gasteiger partial charge in [-0.1, -0.05) is 0 Å². The van der Waals surface area contributed by atoms with Gasteiger partial charge in [0, 0.05) is 6.42 Å². The van der Waals surface area contributed by atoms with Crippen molar-refractivity contribution in [3.05, 3.63) is 23.5 Å². The number of benzene rings is 1. The lowest BCUT2D eigenvalue weighted by molar-refractivity contribution is 0.0688. The maximum atomic E-state index is 13.2. The number of carbonyl (C=O) groups is 1. The summed E-state index contributed by atoms with van der Waals surface area (Å²) in [6, 6.07) is 2.36. The Hall–Kier alpha value is -1.82. The molecule has 1 heterocycles. The summed E-state index contributed by atoms with van der Waals surface area (Å²) in [4.78, 5) is 11.0. The third-order valence-electron chi connectivity index (χ3n) is 2.55. The van der Waals surface area contributed by atoms with E-state index in [0.717, 1.165) is 6.07 Å². The minimum absolute atomic E-state index is 0.0758. The lowest BCUT2D eigenvalue weighted by Gasteiger charge is -2.15. The molecule has 3 N–H and O–H groups in total. The van der Waals surface area contributed by atoms with E-state index >= 15 is 0 Å². The van der Waals surface area contributed by atoms with Gasteiger partial charge in [-0.2, -0.15) is 0 Å². The SMILES string of the molecule is Nc1c(F)ccc(OC2CCOC2)c1C(=O)O. The fourth-order valence-electron chi connectivity index (χ4n) is 1.68. The van der Waals surface area contributed by atoms with Crippen LogP contribution in [0.1, 0.15) is 16.8 Å². The molecule has 0 saturated carbocycles. The van der Waals surface area contributed by atoms with Crippen molar-refractivity contribution in [1.82, 2.24) is 0 Å². The third kappa shape index (κ3) is 2.31. The van der Waals surface area contributed by atoms with Gasteiger partial charge in [-0.05, 0) is 12.1 Å². The number of rotatable bonds is 3. The van der Waals surface area contributed by atoms with Gasteiger partial charge in [-0.15, -0.1) is 0 Å². The van der Waals surface area contributed by atoms with Crippen molar-refractivity contribution in [1.29, 1.82) is 0 Å². The predicted molar refractivity (Wildman–Crippen MR) is 57.6 cm³/mol. The van der Waals surface area contributed by atoms with Crippen LogP contribution in [0.5, 0.6) is 5.75 Å². The smallest absolute Gasteiger partial charge is 0.341 e. The van der Waals surface area contributed by atoms with Gasteiger partial charge in [0.15, 0.2) is 0 Å². The van der Waals surface area contributed by atoms with E-state index in [1.807, 2.05) is 0 Å². The van der Waals surface area contributed by atoms with Crippen LogP contribution in [0.3, 0.4) is 0 Å². The molecule has 0 aliphatic carbocycles. The van der Waals surface area contributed by atoms with E-state index in [-0.39, 0.29) is 17.4 Å². The third-order valence-corrected chi connectivity index (χ3v) is 2.55. The molecule has 0 bridgehead atoms. The molecule has 1 aromatic rings. The molecule has 2 rings (SSSR count). The molecule has 6 heteroatoms. The van der Waals surface area contributed by atoms with Gasteiger partial charge in [-0.25, -0.2) is 9.18 Å². The second kappa shape index (κ2) is 4.58. The van der Waals surface area contributed by atoms with Crippen molar-refractivity contribution in [2.45, 2.75) is 12.5 Å². The molecule has 1 aliphatic heterocycles. The number of ether oxygens (including phenoxy) is 2. The van der Waals surface area contributed by atoms with Gasteiger partial charge in [0.2, 0.25) is 0 Å². The Kier molecular flexibility index (Phi) is 3.14. The molecule has 1 atom stereocenters. The minimum atomic E-state index is -1.31. The van der Waals surface area contributed by atoms with Crippen LogP contribution in [0.2, 0.25) is 0 Å². The van der Waals surface area contributed by atoms with Crippen molar-refractivity contribution in [3.63, 3.8) is 0 Å². The zero-order valence-corrected chi connectivity index (χ0v) is 8.98. The first-order chi connectivity index (χ1) is 8.09. The fourth-order valence-corrected chi connectivity index (χ4v) is 1.68. The van der Waals surface area contributed by atoms with Gasteiger partial charge >= 0.3 is 5.97 Å². The van der Waals surface area contributed by atoms with Gasteiger partial charge in [0.1, 0.15) is 23.2 Å². The van der Waals surface area contributed by atoms with E-state index in [0.29, 0.717) is 19.6 Å². The summed E-state index contributed by atoms with van der Waals surface area (Å²) in [5.41, 5.74) is 4.65. The Morgan fingerprint density at radius 2 is 2.35 bits per heavy atom. The Balaban J connectivity index is 2.32. The molecule has 0 aromatic heterocycles. The zero-order valence-electron chi connectivity index (χ0n) is 8.98. The summed E-state index contributed by atoms with van der Waals surface area (Å²) in [7, 11) is 0. The molecular formula is C11H12FNO4. The summed E-state index contributed by atoms with van der Waals surface area (Å²) in [6.07, 6.45) is 0.467. The van der Waals surface area contributed by atoms with E-state index in [9.17, 15) is 9.18 Å². The number of nitrogen functional groups attached to an aromatic ring is 1. The number of carboxylic acids is 1. The maximum Gasteiger partial charge on any atom is 0.341 e. The standard InChI is InChI=1S/C11H12FNO4/c12-7-1-2-8(9(10(7)13)11(14)15)17-6-3-4-16-5-6/h1-2,6H,3-5,13H2,(H,14,15). The second-order valence-corrected chi connectivity index (χ2v) is 3.74. The van der Waals surface area contributed by atoms with E-state index < -0.39 is 17.5 Å². The molecule has 1 unspecified atom stereocenters. The van der Waals surface area contributed by atoms with Crippen molar-refractivity contribution in [3.8, 4) is 5.75 Å². The highest BCUT2D eigenvalue weighted by molar-refractivity contribution is 5.96. The number of aromatic carboxylic acids is 1. The second-order valence-electron chi connectivity index (χ2n) is 3.74. The van der Waals surface area contributed by atoms with E-state index in [4.69, 9.17) is 20.3 Å². The molecule has 1 fully saturated rings. The van der Waals surface area contributed by atoms with E-state index in [2.05, 4.69) is 0 Å². The average Bonchev–Trinajstić information content (AvgIpc) is 2.76. The first-order valence-corrected chi connectivity index (χ1v) is 5.15. The monoisotopic (exact) mass is 241 g/mol. The minimum Gasteiger partial charge on any atom is -0.487 e. The lowest BCUT2D eigenvalue weighted by atomic mass is 10.1. The predicted octanol–water partition coefficient (Wildman–Crippen LogP) is 1.27. The molecule has 0 spiro atoms. The quantitative estimate of drug-likeness (QED) is 0.779. The van der Waals surface area contributed by atoms with Crippen molar-refractivity contribution in [2.75, 3.05) is 18.9 Å². The average molecular weight is 241 g/mol. The highest BCUT2D eigenvalue weighted by Crippen LogP contribution is 2.29. The largest absolute Gasteiger partial charge is 0.487 e. The first-order valence-electron chi connectivity index (χ1n) is 5.15. The first kappa shape index (κ1) is 11.7. The summed E-state index contributed by atoms with van der Waals surface area (Å²) in [5.74, 6) is -2.00. The number of halogens is 1. The molecule has 92 valence electrons. The number of carboxylic acid groups (broad SMARTS) is 1. The Morgan fingerprint density at radius 1 is 1.59 bits per heavy atom. The van der Waals surface area contributed by atoms with Gasteiger partial charge < -0.3 is 20.3 Å². The van der Waals surface area contributed by atoms with Crippen molar-refractivity contribution in [2.24, 2.45) is 0 Å². The molecule has 1 saturated heterocycles. The summed E-state index contributed by atoms with van der Waals surface area (Å²) in [6.45, 7) is 0.972. The van der Waals surface area contributed by atoms with E-state index in [1.165, 1.54) is 6.07 Å². The summed E-state index contributed by atoms with van der Waals surface area (Å²) >= 11 is 0. The van der Waals surface area contributed by atoms with Crippen LogP contribution in [0, 0.1) is 5.82 Å². The van der Waals surface area contributed by atoms with Crippen LogP contribution < -0.4 is 10.5 Å². The topological polar surface area (TPSA) is 81.8 Å².